The molecule has 1 aliphatic heterocycles. The van der Waals surface area contributed by atoms with Crippen molar-refractivity contribution >= 4 is 54.4 Å². The van der Waals surface area contributed by atoms with Gasteiger partial charge in [0.05, 0.1) is 24.1 Å². The third-order valence-corrected chi connectivity index (χ3v) is 8.95. The van der Waals surface area contributed by atoms with Crippen LogP contribution in [-0.2, 0) is 26.0 Å². The molecule has 4 aromatic rings. The molecule has 2 amide bonds. The fraction of sp³-hybridized carbons (Fsp3) is 0.185. The summed E-state index contributed by atoms with van der Waals surface area (Å²) < 4.78 is 34.9. The van der Waals surface area contributed by atoms with E-state index in [0.29, 0.717) is 17.9 Å². The molecule has 5 rings (SSSR count). The van der Waals surface area contributed by atoms with Crippen molar-refractivity contribution in [3.05, 3.63) is 89.0 Å². The number of anilines is 1. The van der Waals surface area contributed by atoms with Crippen molar-refractivity contribution in [3.63, 3.8) is 0 Å². The van der Waals surface area contributed by atoms with Gasteiger partial charge in [-0.05, 0) is 66.6 Å². The lowest BCUT2D eigenvalue weighted by Gasteiger charge is -2.27. The Morgan fingerprint density at radius 2 is 1.73 bits per heavy atom. The summed E-state index contributed by atoms with van der Waals surface area (Å²) in [6.45, 7) is 0.0219. The first-order valence-electron chi connectivity index (χ1n) is 11.6. The maximum Gasteiger partial charge on any atom is 0.252 e. The van der Waals surface area contributed by atoms with Crippen LogP contribution < -0.4 is 9.64 Å². The lowest BCUT2D eigenvalue weighted by atomic mass is 10.1. The van der Waals surface area contributed by atoms with Gasteiger partial charge in [0.25, 0.3) is 5.91 Å². The zero-order valence-corrected chi connectivity index (χ0v) is 22.3. The van der Waals surface area contributed by atoms with Gasteiger partial charge in [0.2, 0.25) is 15.9 Å². The van der Waals surface area contributed by atoms with Gasteiger partial charge in [-0.25, -0.2) is 13.3 Å². The van der Waals surface area contributed by atoms with E-state index in [2.05, 4.69) is 20.9 Å². The molecule has 0 aliphatic carbocycles. The largest absolute Gasteiger partial charge is 0.497 e. The van der Waals surface area contributed by atoms with E-state index >= 15 is 0 Å². The maximum absolute atomic E-state index is 13.9. The molecule has 8 nitrogen and oxygen atoms in total. The number of para-hydroxylation sites is 1. The molecule has 0 spiro atoms. The molecule has 1 aromatic heterocycles. The Bertz CT molecular complexity index is 1570. The van der Waals surface area contributed by atoms with Gasteiger partial charge in [0.15, 0.2) is 0 Å². The fourth-order valence-electron chi connectivity index (χ4n) is 4.60. The van der Waals surface area contributed by atoms with Gasteiger partial charge in [0.1, 0.15) is 11.8 Å². The molecule has 1 saturated heterocycles. The van der Waals surface area contributed by atoms with Crippen LogP contribution in [0.1, 0.15) is 12.0 Å². The second-order valence-corrected chi connectivity index (χ2v) is 11.5. The summed E-state index contributed by atoms with van der Waals surface area (Å²) in [6, 6.07) is 19.3. The topological polar surface area (TPSA) is 99.8 Å². The van der Waals surface area contributed by atoms with Gasteiger partial charge in [-0.3, -0.25) is 9.59 Å². The van der Waals surface area contributed by atoms with Crippen LogP contribution in [0.15, 0.2) is 88.4 Å². The molecule has 0 bridgehead atoms. The number of amides is 2. The van der Waals surface area contributed by atoms with Crippen LogP contribution in [0.2, 0.25) is 0 Å². The first-order valence-corrected chi connectivity index (χ1v) is 13.9. The van der Waals surface area contributed by atoms with Crippen LogP contribution in [0, 0.1) is 0 Å². The summed E-state index contributed by atoms with van der Waals surface area (Å²) in [4.78, 5) is 30.8. The maximum atomic E-state index is 13.9. The number of aromatic amines is 1. The van der Waals surface area contributed by atoms with Crippen LogP contribution >= 0.6 is 15.9 Å². The molecule has 190 valence electrons. The number of hydrogen-bond acceptors (Lipinski definition) is 5. The van der Waals surface area contributed by atoms with Crippen LogP contribution in [0.4, 0.5) is 5.69 Å². The number of ether oxygens (including phenoxy) is 1. The molecule has 0 radical (unpaired) electrons. The number of sulfonamides is 1. The smallest absolute Gasteiger partial charge is 0.252 e. The van der Waals surface area contributed by atoms with Gasteiger partial charge >= 0.3 is 0 Å². The second-order valence-electron chi connectivity index (χ2n) is 8.66. The number of methoxy groups -OCH3 is 1. The van der Waals surface area contributed by atoms with Gasteiger partial charge < -0.3 is 9.72 Å². The standard InChI is InChI=1S/C27H24BrN3O5S/c1-36-21-10-12-22(13-11-21)37(34,35)30(15-14-18-17-29-24-5-3-2-4-23(18)24)25-16-26(32)31(27(25)33)20-8-6-19(28)7-9-20/h2-13,17,25,29H,14-16H2,1H3. The van der Waals surface area contributed by atoms with Crippen molar-refractivity contribution in [2.24, 2.45) is 0 Å². The van der Waals surface area contributed by atoms with Crippen LogP contribution in [0.3, 0.4) is 0 Å². The zero-order valence-electron chi connectivity index (χ0n) is 19.9. The SMILES string of the molecule is COc1ccc(S(=O)(=O)N(CCc2c[nH]c3ccccc23)C2CC(=O)N(c3ccc(Br)cc3)C2=O)cc1. The van der Waals surface area contributed by atoms with Crippen molar-refractivity contribution in [2.75, 3.05) is 18.6 Å². The molecule has 0 saturated carbocycles. The summed E-state index contributed by atoms with van der Waals surface area (Å²) >= 11 is 3.35. The van der Waals surface area contributed by atoms with Gasteiger partial charge in [-0.15, -0.1) is 0 Å². The molecular formula is C27H24BrN3O5S. The molecule has 1 aliphatic rings. The van der Waals surface area contributed by atoms with E-state index in [1.165, 1.54) is 19.2 Å². The van der Waals surface area contributed by atoms with Crippen LogP contribution in [-0.4, -0.2) is 49.2 Å². The normalized spacial score (nSPS) is 16.2. The number of halogens is 1. The molecule has 10 heteroatoms. The van der Waals surface area contributed by atoms with Crippen molar-refractivity contribution in [3.8, 4) is 5.75 Å². The molecule has 3 aromatic carbocycles. The van der Waals surface area contributed by atoms with Gasteiger partial charge in [-0.2, -0.15) is 4.31 Å². The summed E-state index contributed by atoms with van der Waals surface area (Å²) in [5, 5.41) is 0.981. The highest BCUT2D eigenvalue weighted by atomic mass is 79.9. The van der Waals surface area contributed by atoms with E-state index < -0.39 is 27.9 Å². The lowest BCUT2D eigenvalue weighted by molar-refractivity contribution is -0.122. The third kappa shape index (κ3) is 4.79. The van der Waals surface area contributed by atoms with Gasteiger partial charge in [-0.1, -0.05) is 34.1 Å². The number of benzene rings is 3. The number of fused-ring (bicyclic) bond motifs is 1. The number of nitrogens with one attached hydrogen (secondary N) is 1. The Balaban J connectivity index is 1.50. The predicted molar refractivity (Wildman–Crippen MR) is 144 cm³/mol. The van der Waals surface area contributed by atoms with E-state index in [0.717, 1.165) is 30.1 Å². The average molecular weight is 582 g/mol. The van der Waals surface area contributed by atoms with Crippen molar-refractivity contribution < 1.29 is 22.7 Å². The highest BCUT2D eigenvalue weighted by Crippen LogP contribution is 2.31. The molecule has 1 atom stereocenters. The number of imide groups is 1. The highest BCUT2D eigenvalue weighted by molar-refractivity contribution is 9.10. The molecule has 37 heavy (non-hydrogen) atoms. The Labute approximate surface area is 223 Å². The van der Waals surface area contributed by atoms with Crippen LogP contribution in [0.25, 0.3) is 10.9 Å². The third-order valence-electron chi connectivity index (χ3n) is 6.50. The number of aromatic nitrogens is 1. The molecule has 1 unspecified atom stereocenters. The summed E-state index contributed by atoms with van der Waals surface area (Å²) in [7, 11) is -2.63. The minimum Gasteiger partial charge on any atom is -0.497 e. The molecular weight excluding hydrogens is 558 g/mol. The Kier molecular flexibility index (Phi) is 6.89. The number of carbonyl (C=O) groups excluding carboxylic acids is 2. The number of carbonyl (C=O) groups is 2. The summed E-state index contributed by atoms with van der Waals surface area (Å²) in [6.07, 6.45) is 1.96. The molecule has 2 heterocycles. The van der Waals surface area contributed by atoms with Crippen molar-refractivity contribution in [1.82, 2.24) is 9.29 Å². The zero-order chi connectivity index (χ0) is 26.2. The highest BCUT2D eigenvalue weighted by Gasteiger charge is 2.46. The second kappa shape index (κ2) is 10.1. The first-order chi connectivity index (χ1) is 17.8. The fourth-order valence-corrected chi connectivity index (χ4v) is 6.44. The van der Waals surface area contributed by atoms with Gasteiger partial charge in [0, 0.05) is 28.1 Å². The number of rotatable bonds is 8. The Morgan fingerprint density at radius 3 is 2.43 bits per heavy atom. The van der Waals surface area contributed by atoms with E-state index in [9.17, 15) is 18.0 Å². The van der Waals surface area contributed by atoms with E-state index in [1.54, 1.807) is 36.4 Å². The minimum atomic E-state index is -4.12. The van der Waals surface area contributed by atoms with E-state index in [1.807, 2.05) is 30.5 Å². The average Bonchev–Trinajstić information content (AvgIpc) is 3.45. The summed E-state index contributed by atoms with van der Waals surface area (Å²) in [5.41, 5.74) is 2.27. The van der Waals surface area contributed by atoms with Crippen molar-refractivity contribution in [1.29, 1.82) is 0 Å². The molecule has 1 fully saturated rings. The van der Waals surface area contributed by atoms with E-state index in [4.69, 9.17) is 4.74 Å². The quantitative estimate of drug-likeness (QED) is 0.309. The first kappa shape index (κ1) is 25.2. The monoisotopic (exact) mass is 581 g/mol. The molecule has 1 N–H and O–H groups in total. The van der Waals surface area contributed by atoms with E-state index in [-0.39, 0.29) is 17.9 Å². The van der Waals surface area contributed by atoms with Crippen LogP contribution in [0.5, 0.6) is 5.75 Å². The predicted octanol–water partition coefficient (Wildman–Crippen LogP) is 4.50. The Morgan fingerprint density at radius 1 is 1.03 bits per heavy atom. The number of hydrogen-bond donors (Lipinski definition) is 1. The lowest BCUT2D eigenvalue weighted by Crippen LogP contribution is -2.46. The number of nitrogens with zero attached hydrogens (tertiary/aromatic N) is 2. The minimum absolute atomic E-state index is 0.0219. The Hall–Kier alpha value is -3.47. The number of H-pyrrole nitrogens is 1. The summed E-state index contributed by atoms with van der Waals surface area (Å²) in [5.74, 6) is -0.500. The van der Waals surface area contributed by atoms with Crippen molar-refractivity contribution in [2.45, 2.75) is 23.8 Å².